The summed E-state index contributed by atoms with van der Waals surface area (Å²) in [6, 6.07) is 0. The van der Waals surface area contributed by atoms with E-state index in [4.69, 9.17) is 4.74 Å². The minimum absolute atomic E-state index is 0.0000463. The second kappa shape index (κ2) is 4.16. The molecule has 0 radical (unpaired) electrons. The molecule has 0 heterocycles. The minimum atomic E-state index is -0.180. The molecule has 0 aromatic heterocycles. The highest BCUT2D eigenvalue weighted by atomic mass is 16.5. The summed E-state index contributed by atoms with van der Waals surface area (Å²) in [6.07, 6.45) is 6.50. The second-order valence-electron chi connectivity index (χ2n) is 4.57. The van der Waals surface area contributed by atoms with Gasteiger partial charge in [0.15, 0.2) is 0 Å². The summed E-state index contributed by atoms with van der Waals surface area (Å²) in [6.45, 7) is 7.90. The molecule has 0 N–H and O–H groups in total. The maximum absolute atomic E-state index is 10.9. The van der Waals surface area contributed by atoms with Gasteiger partial charge >= 0.3 is 5.97 Å². The van der Waals surface area contributed by atoms with Crippen molar-refractivity contribution in [3.8, 4) is 0 Å². The molecule has 0 aromatic carbocycles. The molecule has 0 saturated carbocycles. The molecule has 2 nitrogen and oxygen atoms in total. The molecule has 0 aliphatic heterocycles. The number of esters is 1. The number of allylic oxidation sites excluding steroid dienone is 2. The molecule has 0 fully saturated rings. The van der Waals surface area contributed by atoms with Crippen molar-refractivity contribution in [3.05, 3.63) is 12.2 Å². The first-order valence-electron chi connectivity index (χ1n) is 5.29. The van der Waals surface area contributed by atoms with Crippen LogP contribution in [0.1, 0.15) is 40.5 Å². The highest BCUT2D eigenvalue weighted by Crippen LogP contribution is 2.41. The van der Waals surface area contributed by atoms with Gasteiger partial charge in [-0.3, -0.25) is 4.79 Å². The van der Waals surface area contributed by atoms with E-state index in [2.05, 4.69) is 26.0 Å². The van der Waals surface area contributed by atoms with Gasteiger partial charge in [-0.15, -0.1) is 0 Å². The predicted molar refractivity (Wildman–Crippen MR) is 56.9 cm³/mol. The summed E-state index contributed by atoms with van der Waals surface area (Å²) in [5.74, 6) is 0.391. The Morgan fingerprint density at radius 1 is 1.57 bits per heavy atom. The minimum Gasteiger partial charge on any atom is -0.462 e. The van der Waals surface area contributed by atoms with Gasteiger partial charge in [0, 0.05) is 12.3 Å². The molecule has 2 unspecified atom stereocenters. The largest absolute Gasteiger partial charge is 0.462 e. The van der Waals surface area contributed by atoms with E-state index < -0.39 is 0 Å². The molecule has 0 bridgehead atoms. The van der Waals surface area contributed by atoms with E-state index in [0.29, 0.717) is 5.92 Å². The molecule has 80 valence electrons. The Labute approximate surface area is 86.3 Å². The molecular formula is C12H20O2. The predicted octanol–water partition coefficient (Wildman–Crippen LogP) is 2.93. The van der Waals surface area contributed by atoms with E-state index >= 15 is 0 Å². The van der Waals surface area contributed by atoms with Gasteiger partial charge in [0.25, 0.3) is 0 Å². The Hall–Kier alpha value is -0.790. The molecule has 0 aromatic rings. The van der Waals surface area contributed by atoms with Gasteiger partial charge in [-0.25, -0.2) is 0 Å². The Kier molecular flexibility index (Phi) is 3.35. The summed E-state index contributed by atoms with van der Waals surface area (Å²) in [4.78, 5) is 10.9. The Bertz CT molecular complexity index is 245. The molecule has 0 spiro atoms. The fraction of sp³-hybridized carbons (Fsp3) is 0.750. The van der Waals surface area contributed by atoms with Gasteiger partial charge in [0.05, 0.1) is 0 Å². The summed E-state index contributed by atoms with van der Waals surface area (Å²) >= 11 is 0. The smallest absolute Gasteiger partial charge is 0.302 e. The van der Waals surface area contributed by atoms with Crippen LogP contribution in [0, 0.1) is 11.3 Å². The van der Waals surface area contributed by atoms with E-state index in [1.807, 2.05) is 6.92 Å². The third kappa shape index (κ3) is 2.17. The molecule has 0 amide bonds. The highest BCUT2D eigenvalue weighted by molar-refractivity contribution is 5.66. The summed E-state index contributed by atoms with van der Waals surface area (Å²) in [5, 5.41) is 0. The van der Waals surface area contributed by atoms with Gasteiger partial charge in [0.2, 0.25) is 0 Å². The van der Waals surface area contributed by atoms with Crippen LogP contribution >= 0.6 is 0 Å². The average molecular weight is 196 g/mol. The van der Waals surface area contributed by atoms with Gasteiger partial charge in [-0.1, -0.05) is 26.0 Å². The molecule has 1 aliphatic carbocycles. The maximum Gasteiger partial charge on any atom is 0.302 e. The highest BCUT2D eigenvalue weighted by Gasteiger charge is 2.38. The lowest BCUT2D eigenvalue weighted by molar-refractivity contribution is -0.154. The Balaban J connectivity index is 2.72. The van der Waals surface area contributed by atoms with Crippen LogP contribution in [-0.2, 0) is 9.53 Å². The number of hydrogen-bond donors (Lipinski definition) is 0. The zero-order valence-corrected chi connectivity index (χ0v) is 9.54. The number of ether oxygens (including phenoxy) is 1. The molecule has 0 saturated heterocycles. The fourth-order valence-corrected chi connectivity index (χ4v) is 2.06. The third-order valence-corrected chi connectivity index (χ3v) is 3.61. The van der Waals surface area contributed by atoms with Crippen molar-refractivity contribution in [1.82, 2.24) is 0 Å². The molecule has 1 aliphatic rings. The Morgan fingerprint density at radius 2 is 2.21 bits per heavy atom. The van der Waals surface area contributed by atoms with E-state index in [9.17, 15) is 4.79 Å². The number of rotatable bonds is 2. The topological polar surface area (TPSA) is 26.3 Å². The molecule has 1 rings (SSSR count). The summed E-state index contributed by atoms with van der Waals surface area (Å²) in [7, 11) is 0. The van der Waals surface area contributed by atoms with Gasteiger partial charge < -0.3 is 4.74 Å². The van der Waals surface area contributed by atoms with E-state index in [1.165, 1.54) is 6.92 Å². The van der Waals surface area contributed by atoms with E-state index in [-0.39, 0.29) is 17.5 Å². The van der Waals surface area contributed by atoms with Gasteiger partial charge in [-0.05, 0) is 25.7 Å². The van der Waals surface area contributed by atoms with Crippen LogP contribution in [-0.4, -0.2) is 12.1 Å². The van der Waals surface area contributed by atoms with Crippen LogP contribution in [0.4, 0.5) is 0 Å². The summed E-state index contributed by atoms with van der Waals surface area (Å²) in [5.41, 5.74) is 0.0976. The number of hydrogen-bond acceptors (Lipinski definition) is 2. The van der Waals surface area contributed by atoms with Crippen LogP contribution in [0.5, 0.6) is 0 Å². The zero-order chi connectivity index (χ0) is 10.8. The van der Waals surface area contributed by atoms with Crippen molar-refractivity contribution in [2.24, 2.45) is 11.3 Å². The monoisotopic (exact) mass is 196 g/mol. The van der Waals surface area contributed by atoms with Gasteiger partial charge in [-0.2, -0.15) is 0 Å². The van der Waals surface area contributed by atoms with Crippen molar-refractivity contribution in [2.45, 2.75) is 46.6 Å². The number of carbonyl (C=O) groups is 1. The zero-order valence-electron chi connectivity index (χ0n) is 9.54. The number of carbonyl (C=O) groups excluding carboxylic acids is 1. The SMILES string of the molecule is CC(=O)O[C@H](C)C1(C)CC=CCC1C. The van der Waals surface area contributed by atoms with Crippen LogP contribution < -0.4 is 0 Å². The van der Waals surface area contributed by atoms with Crippen LogP contribution in [0.25, 0.3) is 0 Å². The second-order valence-corrected chi connectivity index (χ2v) is 4.57. The maximum atomic E-state index is 10.9. The normalized spacial score (nSPS) is 33.9. The lowest BCUT2D eigenvalue weighted by Crippen LogP contribution is -2.39. The van der Waals surface area contributed by atoms with Crippen molar-refractivity contribution in [3.63, 3.8) is 0 Å². The van der Waals surface area contributed by atoms with Crippen LogP contribution in [0.3, 0.4) is 0 Å². The van der Waals surface area contributed by atoms with Crippen molar-refractivity contribution in [2.75, 3.05) is 0 Å². The molecular weight excluding hydrogens is 176 g/mol. The molecule has 14 heavy (non-hydrogen) atoms. The molecule has 2 heteroatoms. The third-order valence-electron chi connectivity index (χ3n) is 3.61. The van der Waals surface area contributed by atoms with Crippen molar-refractivity contribution in [1.29, 1.82) is 0 Å². The van der Waals surface area contributed by atoms with E-state index in [1.54, 1.807) is 0 Å². The van der Waals surface area contributed by atoms with Crippen LogP contribution in [0.2, 0.25) is 0 Å². The Morgan fingerprint density at radius 3 is 2.71 bits per heavy atom. The summed E-state index contributed by atoms with van der Waals surface area (Å²) < 4.78 is 5.29. The van der Waals surface area contributed by atoms with Crippen molar-refractivity contribution < 1.29 is 9.53 Å². The average Bonchev–Trinajstić information content (AvgIpc) is 2.09. The van der Waals surface area contributed by atoms with Gasteiger partial charge in [0.1, 0.15) is 6.10 Å². The quantitative estimate of drug-likeness (QED) is 0.501. The first-order chi connectivity index (χ1) is 6.47. The van der Waals surface area contributed by atoms with Crippen molar-refractivity contribution >= 4 is 5.97 Å². The first kappa shape index (κ1) is 11.3. The fourth-order valence-electron chi connectivity index (χ4n) is 2.06. The molecule has 3 atom stereocenters. The first-order valence-corrected chi connectivity index (χ1v) is 5.29. The lowest BCUT2D eigenvalue weighted by Gasteiger charge is -2.41. The standard InChI is InChI=1S/C12H20O2/c1-9-7-5-6-8-12(9,4)10(2)14-11(3)13/h5-6,9-10H,7-8H2,1-4H3/t9?,10-,12?/m1/s1. The van der Waals surface area contributed by atoms with Crippen LogP contribution in [0.15, 0.2) is 12.2 Å². The van der Waals surface area contributed by atoms with E-state index in [0.717, 1.165) is 12.8 Å². The lowest BCUT2D eigenvalue weighted by atomic mass is 9.68.